The number of benzene rings is 2. The first-order valence-electron chi connectivity index (χ1n) is 9.83. The standard InChI is InChI=1S/C23H22O9/c1-14(24)29-20-19(32-22(27)17-11-7-4-8-12-17)18(31-23(20)30-15(2)25)13-28-21(26)16-9-5-3-6-10-16/h3-12,18-20,23H,13H2,1-2H3/t18-,19+,20-,23?/m1/s1. The monoisotopic (exact) mass is 442 g/mol. The van der Waals surface area contributed by atoms with E-state index in [2.05, 4.69) is 0 Å². The number of ether oxygens (including phenoxy) is 5. The van der Waals surface area contributed by atoms with Gasteiger partial charge < -0.3 is 23.7 Å². The summed E-state index contributed by atoms with van der Waals surface area (Å²) in [6.07, 6.45) is -4.83. The van der Waals surface area contributed by atoms with E-state index in [0.717, 1.165) is 13.8 Å². The molecule has 1 fully saturated rings. The van der Waals surface area contributed by atoms with Crippen LogP contribution in [0, 0.1) is 0 Å². The fraction of sp³-hybridized carbons (Fsp3) is 0.304. The Morgan fingerprint density at radius 3 is 1.78 bits per heavy atom. The molecule has 0 aromatic heterocycles. The third-order valence-corrected chi connectivity index (χ3v) is 4.49. The van der Waals surface area contributed by atoms with E-state index in [1.165, 1.54) is 0 Å². The highest BCUT2D eigenvalue weighted by Crippen LogP contribution is 2.29. The Labute approximate surface area is 184 Å². The van der Waals surface area contributed by atoms with Crippen molar-refractivity contribution >= 4 is 23.9 Å². The summed E-state index contributed by atoms with van der Waals surface area (Å²) in [7, 11) is 0. The molecule has 4 atom stereocenters. The van der Waals surface area contributed by atoms with Crippen LogP contribution in [0.5, 0.6) is 0 Å². The van der Waals surface area contributed by atoms with Crippen LogP contribution in [0.1, 0.15) is 34.6 Å². The zero-order valence-electron chi connectivity index (χ0n) is 17.5. The molecule has 1 heterocycles. The lowest BCUT2D eigenvalue weighted by Gasteiger charge is -2.23. The van der Waals surface area contributed by atoms with E-state index in [-0.39, 0.29) is 12.2 Å². The van der Waals surface area contributed by atoms with Crippen LogP contribution < -0.4 is 0 Å². The first-order chi connectivity index (χ1) is 15.3. The van der Waals surface area contributed by atoms with Crippen LogP contribution in [0.25, 0.3) is 0 Å². The van der Waals surface area contributed by atoms with Crippen LogP contribution >= 0.6 is 0 Å². The van der Waals surface area contributed by atoms with Gasteiger partial charge in [-0.3, -0.25) is 9.59 Å². The summed E-state index contributed by atoms with van der Waals surface area (Å²) >= 11 is 0. The maximum Gasteiger partial charge on any atom is 0.338 e. The van der Waals surface area contributed by atoms with Gasteiger partial charge in [-0.1, -0.05) is 36.4 Å². The Bertz CT molecular complexity index is 958. The van der Waals surface area contributed by atoms with Crippen molar-refractivity contribution in [1.82, 2.24) is 0 Å². The zero-order chi connectivity index (χ0) is 23.1. The van der Waals surface area contributed by atoms with Crippen molar-refractivity contribution in [3.05, 3.63) is 71.8 Å². The van der Waals surface area contributed by atoms with Gasteiger partial charge in [0.1, 0.15) is 12.7 Å². The second-order valence-electron chi connectivity index (χ2n) is 6.93. The van der Waals surface area contributed by atoms with E-state index < -0.39 is 48.5 Å². The van der Waals surface area contributed by atoms with Crippen LogP contribution in [0.3, 0.4) is 0 Å². The van der Waals surface area contributed by atoms with Gasteiger partial charge in [0.15, 0.2) is 6.10 Å². The van der Waals surface area contributed by atoms with E-state index in [1.807, 2.05) is 0 Å². The predicted molar refractivity (Wildman–Crippen MR) is 108 cm³/mol. The predicted octanol–water partition coefficient (Wildman–Crippen LogP) is 2.29. The summed E-state index contributed by atoms with van der Waals surface area (Å²) in [5.41, 5.74) is 0.571. The van der Waals surface area contributed by atoms with Crippen LogP contribution in [0.2, 0.25) is 0 Å². The fourth-order valence-electron chi connectivity index (χ4n) is 3.12. The Balaban J connectivity index is 1.80. The maximum absolute atomic E-state index is 12.6. The number of esters is 4. The van der Waals surface area contributed by atoms with Crippen LogP contribution in [-0.2, 0) is 33.3 Å². The molecule has 1 unspecified atom stereocenters. The van der Waals surface area contributed by atoms with Gasteiger partial charge in [0.25, 0.3) is 0 Å². The SMILES string of the molecule is CC(=O)OC1O[C@H](COC(=O)c2ccccc2)[C@H](OC(=O)c2ccccc2)[C@H]1OC(C)=O. The number of rotatable bonds is 7. The minimum atomic E-state index is -1.34. The fourth-order valence-corrected chi connectivity index (χ4v) is 3.12. The van der Waals surface area contributed by atoms with Crippen molar-refractivity contribution in [2.24, 2.45) is 0 Å². The van der Waals surface area contributed by atoms with E-state index in [1.54, 1.807) is 60.7 Å². The average Bonchev–Trinajstić information content (AvgIpc) is 3.08. The molecular weight excluding hydrogens is 420 g/mol. The molecular formula is C23H22O9. The lowest BCUT2D eigenvalue weighted by atomic mass is 10.1. The second kappa shape index (κ2) is 10.5. The number of carbonyl (C=O) groups excluding carboxylic acids is 4. The van der Waals surface area contributed by atoms with Gasteiger partial charge in [-0.15, -0.1) is 0 Å². The summed E-state index contributed by atoms with van der Waals surface area (Å²) in [4.78, 5) is 48.1. The minimum Gasteiger partial charge on any atom is -0.459 e. The van der Waals surface area contributed by atoms with E-state index in [9.17, 15) is 19.2 Å². The van der Waals surface area contributed by atoms with Crippen LogP contribution in [0.15, 0.2) is 60.7 Å². The minimum absolute atomic E-state index is 0.255. The van der Waals surface area contributed by atoms with Crippen molar-refractivity contribution in [2.75, 3.05) is 6.61 Å². The molecule has 9 heteroatoms. The molecule has 0 radical (unpaired) electrons. The maximum atomic E-state index is 12.6. The van der Waals surface area contributed by atoms with Gasteiger partial charge >= 0.3 is 23.9 Å². The largest absolute Gasteiger partial charge is 0.459 e. The van der Waals surface area contributed by atoms with E-state index in [4.69, 9.17) is 23.7 Å². The first-order valence-corrected chi connectivity index (χ1v) is 9.83. The molecule has 2 aromatic carbocycles. The van der Waals surface area contributed by atoms with Crippen LogP contribution in [0.4, 0.5) is 0 Å². The smallest absolute Gasteiger partial charge is 0.338 e. The van der Waals surface area contributed by atoms with Crippen molar-refractivity contribution in [3.8, 4) is 0 Å². The van der Waals surface area contributed by atoms with Gasteiger partial charge in [-0.25, -0.2) is 9.59 Å². The first kappa shape index (κ1) is 23.0. The van der Waals surface area contributed by atoms with E-state index in [0.29, 0.717) is 5.56 Å². The number of hydrogen-bond acceptors (Lipinski definition) is 9. The Hall–Kier alpha value is -3.72. The molecule has 0 amide bonds. The van der Waals surface area contributed by atoms with Gasteiger partial charge in [0, 0.05) is 13.8 Å². The number of hydrogen-bond donors (Lipinski definition) is 0. The third-order valence-electron chi connectivity index (χ3n) is 4.49. The Morgan fingerprint density at radius 1 is 0.719 bits per heavy atom. The molecule has 2 aromatic rings. The molecule has 1 aliphatic rings. The molecule has 168 valence electrons. The lowest BCUT2D eigenvalue weighted by Crippen LogP contribution is -2.42. The quantitative estimate of drug-likeness (QED) is 0.470. The lowest BCUT2D eigenvalue weighted by molar-refractivity contribution is -0.196. The summed E-state index contributed by atoms with van der Waals surface area (Å²) in [6.45, 7) is 1.97. The average molecular weight is 442 g/mol. The molecule has 0 spiro atoms. The molecule has 1 saturated heterocycles. The molecule has 0 bridgehead atoms. The molecule has 0 saturated carbocycles. The van der Waals surface area contributed by atoms with Gasteiger partial charge in [0.2, 0.25) is 12.4 Å². The van der Waals surface area contributed by atoms with Crippen molar-refractivity contribution < 1.29 is 42.9 Å². The van der Waals surface area contributed by atoms with Crippen molar-refractivity contribution in [3.63, 3.8) is 0 Å². The van der Waals surface area contributed by atoms with Crippen molar-refractivity contribution in [1.29, 1.82) is 0 Å². The summed E-state index contributed by atoms with van der Waals surface area (Å²) < 4.78 is 26.8. The Kier molecular flexibility index (Phi) is 7.56. The van der Waals surface area contributed by atoms with Crippen molar-refractivity contribution in [2.45, 2.75) is 38.4 Å². The van der Waals surface area contributed by atoms with Gasteiger partial charge in [0.05, 0.1) is 11.1 Å². The molecule has 32 heavy (non-hydrogen) atoms. The molecule has 1 aliphatic heterocycles. The summed E-state index contributed by atoms with van der Waals surface area (Å²) in [6, 6.07) is 16.4. The molecule has 9 nitrogen and oxygen atoms in total. The topological polar surface area (TPSA) is 114 Å². The molecule has 0 N–H and O–H groups in total. The third kappa shape index (κ3) is 5.92. The summed E-state index contributed by atoms with van der Waals surface area (Å²) in [5, 5.41) is 0. The summed E-state index contributed by atoms with van der Waals surface area (Å²) in [5.74, 6) is -2.72. The second-order valence-corrected chi connectivity index (χ2v) is 6.93. The Morgan fingerprint density at radius 2 is 1.25 bits per heavy atom. The normalized spacial score (nSPS) is 21.9. The number of carbonyl (C=O) groups is 4. The molecule has 3 rings (SSSR count). The zero-order valence-corrected chi connectivity index (χ0v) is 17.5. The van der Waals surface area contributed by atoms with Crippen LogP contribution in [-0.4, -0.2) is 55.1 Å². The highest BCUT2D eigenvalue weighted by Gasteiger charge is 2.51. The van der Waals surface area contributed by atoms with Gasteiger partial charge in [-0.05, 0) is 24.3 Å². The molecule has 0 aliphatic carbocycles. The van der Waals surface area contributed by atoms with E-state index >= 15 is 0 Å². The highest BCUT2D eigenvalue weighted by atomic mass is 16.8. The van der Waals surface area contributed by atoms with Gasteiger partial charge in [-0.2, -0.15) is 0 Å². The highest BCUT2D eigenvalue weighted by molar-refractivity contribution is 5.90.